The molecule has 1 atom stereocenters. The number of alkyl halides is 2. The number of hydrogen-bond donors (Lipinski definition) is 2. The summed E-state index contributed by atoms with van der Waals surface area (Å²) in [5, 5.41) is 12.0. The summed E-state index contributed by atoms with van der Waals surface area (Å²) < 4.78 is 40.0. The van der Waals surface area contributed by atoms with Crippen LogP contribution in [0.3, 0.4) is 0 Å². The Bertz CT molecular complexity index is 560. The van der Waals surface area contributed by atoms with Gasteiger partial charge >= 0.3 is 5.92 Å². The number of benzene rings is 1. The molecular weight excluding hydrogens is 324 g/mol. The van der Waals surface area contributed by atoms with Crippen LogP contribution in [0.5, 0.6) is 0 Å². The van der Waals surface area contributed by atoms with Crippen molar-refractivity contribution >= 4 is 16.7 Å². The lowest BCUT2D eigenvalue weighted by molar-refractivity contribution is -0.190. The highest BCUT2D eigenvalue weighted by Crippen LogP contribution is 2.41. The van der Waals surface area contributed by atoms with E-state index in [1.54, 1.807) is 0 Å². The topological polar surface area (TPSA) is 66.4 Å². The molecule has 0 radical (unpaired) electrons. The van der Waals surface area contributed by atoms with Gasteiger partial charge in [0.2, 0.25) is 0 Å². The van der Waals surface area contributed by atoms with Crippen molar-refractivity contribution in [3.8, 4) is 0 Å². The molecule has 1 amide bonds. The van der Waals surface area contributed by atoms with Crippen LogP contribution < -0.4 is 5.32 Å². The molecule has 0 saturated heterocycles. The Morgan fingerprint density at radius 3 is 2.48 bits per heavy atom. The van der Waals surface area contributed by atoms with Crippen LogP contribution in [0.2, 0.25) is 0 Å². The molecule has 128 valence electrons. The Morgan fingerprint density at radius 2 is 1.87 bits per heavy atom. The highest BCUT2D eigenvalue weighted by Gasteiger charge is 2.58. The standard InChI is InChI=1S/C16H21F2NO3S/c17-16(18,15(21)8-4-5-9-15)14(20)19-10-11-23(22)12-13-6-2-1-3-7-13/h1-3,6-7,21H,4-5,8-12H2,(H,19,20)/t23-/m1/s1. The van der Waals surface area contributed by atoms with E-state index in [0.717, 1.165) is 5.56 Å². The van der Waals surface area contributed by atoms with Crippen LogP contribution in [0.4, 0.5) is 8.78 Å². The fourth-order valence-electron chi connectivity index (χ4n) is 2.71. The zero-order valence-electron chi connectivity index (χ0n) is 12.8. The first kappa shape index (κ1) is 18.0. The Morgan fingerprint density at radius 1 is 1.26 bits per heavy atom. The maximum absolute atomic E-state index is 14.0. The lowest BCUT2D eigenvalue weighted by Gasteiger charge is -2.30. The van der Waals surface area contributed by atoms with E-state index in [4.69, 9.17) is 0 Å². The number of amides is 1. The van der Waals surface area contributed by atoms with Gasteiger partial charge in [0.25, 0.3) is 5.91 Å². The summed E-state index contributed by atoms with van der Waals surface area (Å²) in [4.78, 5) is 11.7. The van der Waals surface area contributed by atoms with E-state index in [-0.39, 0.29) is 25.1 Å². The van der Waals surface area contributed by atoms with E-state index in [9.17, 15) is 22.9 Å². The number of carbonyl (C=O) groups is 1. The highest BCUT2D eigenvalue weighted by atomic mass is 32.2. The quantitative estimate of drug-likeness (QED) is 0.794. The van der Waals surface area contributed by atoms with Gasteiger partial charge < -0.3 is 10.4 Å². The number of halogens is 2. The minimum Gasteiger partial charge on any atom is -0.383 e. The van der Waals surface area contributed by atoms with Crippen molar-refractivity contribution in [2.24, 2.45) is 0 Å². The van der Waals surface area contributed by atoms with Crippen molar-refractivity contribution in [1.29, 1.82) is 0 Å². The molecule has 4 nitrogen and oxygen atoms in total. The fourth-order valence-corrected chi connectivity index (χ4v) is 3.75. The minimum atomic E-state index is -3.82. The molecule has 1 aliphatic carbocycles. The third kappa shape index (κ3) is 4.35. The molecule has 0 heterocycles. The Balaban J connectivity index is 1.79. The Labute approximate surface area is 136 Å². The second kappa shape index (κ2) is 7.49. The van der Waals surface area contributed by atoms with Gasteiger partial charge in [-0.05, 0) is 18.4 Å². The molecule has 23 heavy (non-hydrogen) atoms. The molecule has 0 bridgehead atoms. The summed E-state index contributed by atoms with van der Waals surface area (Å²) in [7, 11) is -1.25. The summed E-state index contributed by atoms with van der Waals surface area (Å²) >= 11 is 0. The third-order valence-electron chi connectivity index (χ3n) is 4.09. The number of rotatable bonds is 7. The Hall–Kier alpha value is -1.34. The lowest BCUT2D eigenvalue weighted by Crippen LogP contribution is -2.56. The molecule has 2 rings (SSSR count). The molecule has 7 heteroatoms. The van der Waals surface area contributed by atoms with Crippen molar-refractivity contribution < 1.29 is 22.9 Å². The van der Waals surface area contributed by atoms with Crippen LogP contribution in [0.1, 0.15) is 31.2 Å². The van der Waals surface area contributed by atoms with Crippen LogP contribution in [0.15, 0.2) is 30.3 Å². The van der Waals surface area contributed by atoms with Gasteiger partial charge in [-0.15, -0.1) is 0 Å². The summed E-state index contributed by atoms with van der Waals surface area (Å²) in [6.07, 6.45) is 0.821. The molecule has 1 aromatic rings. The van der Waals surface area contributed by atoms with Crippen molar-refractivity contribution in [2.45, 2.75) is 43.0 Å². The molecule has 0 unspecified atom stereocenters. The molecule has 1 aliphatic rings. The van der Waals surface area contributed by atoms with Gasteiger partial charge in [0, 0.05) is 28.9 Å². The number of nitrogens with one attached hydrogen (secondary N) is 1. The first-order valence-corrected chi connectivity index (χ1v) is 9.11. The van der Waals surface area contributed by atoms with Gasteiger partial charge in [0.05, 0.1) is 0 Å². The predicted molar refractivity (Wildman–Crippen MR) is 84.5 cm³/mol. The van der Waals surface area contributed by atoms with E-state index in [1.165, 1.54) is 0 Å². The van der Waals surface area contributed by atoms with Crippen molar-refractivity contribution in [2.75, 3.05) is 12.3 Å². The monoisotopic (exact) mass is 345 g/mol. The van der Waals surface area contributed by atoms with Crippen LogP contribution >= 0.6 is 0 Å². The first-order valence-electron chi connectivity index (χ1n) is 7.62. The highest BCUT2D eigenvalue weighted by molar-refractivity contribution is 7.84. The second-order valence-electron chi connectivity index (χ2n) is 5.84. The van der Waals surface area contributed by atoms with E-state index < -0.39 is 28.2 Å². The summed E-state index contributed by atoms with van der Waals surface area (Å²) in [5.74, 6) is -4.89. The number of hydrogen-bond acceptors (Lipinski definition) is 3. The minimum absolute atomic E-state index is 0.0760. The van der Waals surface area contributed by atoms with Gasteiger partial charge in [-0.1, -0.05) is 43.2 Å². The first-order chi connectivity index (χ1) is 10.8. The number of aliphatic hydroxyl groups is 1. The normalized spacial score (nSPS) is 18.6. The zero-order chi connectivity index (χ0) is 16.9. The van der Waals surface area contributed by atoms with Crippen LogP contribution in [-0.2, 0) is 21.3 Å². The van der Waals surface area contributed by atoms with Gasteiger partial charge in [0.1, 0.15) is 5.60 Å². The van der Waals surface area contributed by atoms with Gasteiger partial charge in [0.15, 0.2) is 0 Å². The largest absolute Gasteiger partial charge is 0.383 e. The van der Waals surface area contributed by atoms with Crippen molar-refractivity contribution in [3.63, 3.8) is 0 Å². The van der Waals surface area contributed by atoms with Crippen LogP contribution in [-0.4, -0.2) is 39.0 Å². The lowest BCUT2D eigenvalue weighted by atomic mass is 9.93. The van der Waals surface area contributed by atoms with Crippen molar-refractivity contribution in [3.05, 3.63) is 35.9 Å². The summed E-state index contributed by atoms with van der Waals surface area (Å²) in [5.41, 5.74) is -1.36. The van der Waals surface area contributed by atoms with E-state index in [2.05, 4.69) is 5.32 Å². The van der Waals surface area contributed by atoms with Crippen LogP contribution in [0, 0.1) is 0 Å². The van der Waals surface area contributed by atoms with Gasteiger partial charge in [-0.3, -0.25) is 9.00 Å². The zero-order valence-corrected chi connectivity index (χ0v) is 13.6. The van der Waals surface area contributed by atoms with E-state index in [0.29, 0.717) is 18.6 Å². The van der Waals surface area contributed by atoms with Gasteiger partial charge in [-0.25, -0.2) is 0 Å². The molecule has 0 aromatic heterocycles. The van der Waals surface area contributed by atoms with Crippen LogP contribution in [0.25, 0.3) is 0 Å². The average Bonchev–Trinajstić information content (AvgIpc) is 2.96. The average molecular weight is 345 g/mol. The molecular formula is C16H21F2NO3S. The Kier molecular flexibility index (Phi) is 5.86. The molecule has 0 aliphatic heterocycles. The maximum atomic E-state index is 14.0. The van der Waals surface area contributed by atoms with Gasteiger partial charge in [-0.2, -0.15) is 8.78 Å². The fraction of sp³-hybridized carbons (Fsp3) is 0.562. The molecule has 1 aromatic carbocycles. The molecule has 1 saturated carbocycles. The van der Waals surface area contributed by atoms with E-state index >= 15 is 0 Å². The number of carbonyl (C=O) groups excluding carboxylic acids is 1. The van der Waals surface area contributed by atoms with Crippen molar-refractivity contribution in [1.82, 2.24) is 5.32 Å². The van der Waals surface area contributed by atoms with E-state index in [1.807, 2.05) is 30.3 Å². The smallest absolute Gasteiger partial charge is 0.352 e. The SMILES string of the molecule is O=C(NCC[S@@](=O)Cc1ccccc1)C(F)(F)C1(O)CCCC1. The summed E-state index contributed by atoms with van der Waals surface area (Å²) in [6, 6.07) is 9.18. The molecule has 0 spiro atoms. The molecule has 2 N–H and O–H groups in total. The third-order valence-corrected chi connectivity index (χ3v) is 5.40. The maximum Gasteiger partial charge on any atom is 0.352 e. The molecule has 1 fully saturated rings. The summed E-state index contributed by atoms with van der Waals surface area (Å²) in [6.45, 7) is -0.107. The predicted octanol–water partition coefficient (Wildman–Crippen LogP) is 1.99. The second-order valence-corrected chi connectivity index (χ2v) is 7.42.